The van der Waals surface area contributed by atoms with Gasteiger partial charge in [0.15, 0.2) is 9.04 Å². The summed E-state index contributed by atoms with van der Waals surface area (Å²) in [5, 5.41) is 13.4. The van der Waals surface area contributed by atoms with Crippen LogP contribution in [-0.2, 0) is 14.0 Å². The molecule has 1 aliphatic rings. The van der Waals surface area contributed by atoms with Crippen molar-refractivity contribution in [3.05, 3.63) is 167 Å². The maximum absolute atomic E-state index is 15.3. The van der Waals surface area contributed by atoms with Crippen LogP contribution in [0.15, 0.2) is 133 Å². The number of carboxylic acid groups (broad SMARTS) is 1. The Balaban J connectivity index is 1.53. The zero-order chi connectivity index (χ0) is 41.6. The van der Waals surface area contributed by atoms with Crippen molar-refractivity contribution in [2.45, 2.75) is 58.5 Å². The summed E-state index contributed by atoms with van der Waals surface area (Å²) in [6.45, 7) is 10.4. The van der Waals surface area contributed by atoms with E-state index in [0.29, 0.717) is 22.4 Å². The van der Waals surface area contributed by atoms with Crippen LogP contribution in [0.5, 0.6) is 0 Å². The fourth-order valence-corrected chi connectivity index (χ4v) is 8.46. The number of nitrogens with one attached hydrogen (secondary N) is 1. The number of benzene rings is 5. The molecule has 6 rings (SSSR count). The van der Waals surface area contributed by atoms with E-state index in [9.17, 15) is 23.5 Å². The van der Waals surface area contributed by atoms with E-state index in [2.05, 4.69) is 39.2 Å². The first-order valence-corrected chi connectivity index (χ1v) is 22.1. The Hall–Kier alpha value is -5.91. The van der Waals surface area contributed by atoms with Crippen LogP contribution in [0.3, 0.4) is 0 Å². The second-order valence-electron chi connectivity index (χ2n) is 15.8. The lowest BCUT2D eigenvalue weighted by Gasteiger charge is -2.36. The van der Waals surface area contributed by atoms with E-state index >= 15 is 4.79 Å². The van der Waals surface area contributed by atoms with E-state index in [0.717, 1.165) is 16.7 Å². The number of hydrogen-bond donors (Lipinski definition) is 2. The molecule has 300 valence electrons. The summed E-state index contributed by atoms with van der Waals surface area (Å²) < 4.78 is 40.8. The third kappa shape index (κ3) is 9.78. The quantitative estimate of drug-likeness (QED) is 0.108. The van der Waals surface area contributed by atoms with Gasteiger partial charge in [-0.15, -0.1) is 0 Å². The third-order valence-corrected chi connectivity index (χ3v) is 11.0. The van der Waals surface area contributed by atoms with Gasteiger partial charge in [0.1, 0.15) is 24.3 Å². The predicted molar refractivity (Wildman–Crippen MR) is 225 cm³/mol. The van der Waals surface area contributed by atoms with Crippen LogP contribution < -0.4 is 5.32 Å². The summed E-state index contributed by atoms with van der Waals surface area (Å²) in [6.07, 6.45) is 0.855. The van der Waals surface area contributed by atoms with Crippen molar-refractivity contribution < 1.29 is 37.4 Å². The number of halogens is 2. The lowest BCUT2D eigenvalue weighted by molar-refractivity contribution is -0.134. The summed E-state index contributed by atoms with van der Waals surface area (Å²) in [7, 11) is -1.65. The number of rotatable bonds is 14. The van der Waals surface area contributed by atoms with Crippen molar-refractivity contribution in [2.75, 3.05) is 11.9 Å². The van der Waals surface area contributed by atoms with Crippen molar-refractivity contribution in [3.8, 4) is 11.1 Å². The molecule has 5 aromatic rings. The average molecular weight is 803 g/mol. The van der Waals surface area contributed by atoms with Crippen LogP contribution in [0.4, 0.5) is 19.3 Å². The Morgan fingerprint density at radius 2 is 1.48 bits per heavy atom. The zero-order valence-corrected chi connectivity index (χ0v) is 34.3. The lowest BCUT2D eigenvalue weighted by atomic mass is 9.80. The molecule has 0 radical (unpaired) electrons. The van der Waals surface area contributed by atoms with E-state index in [1.165, 1.54) is 29.2 Å². The number of anilines is 1. The van der Waals surface area contributed by atoms with E-state index in [-0.39, 0.29) is 24.4 Å². The molecule has 2 N–H and O–H groups in total. The van der Waals surface area contributed by atoms with E-state index < -0.39 is 62.3 Å². The molecule has 1 saturated heterocycles. The Morgan fingerprint density at radius 3 is 2.09 bits per heavy atom. The van der Waals surface area contributed by atoms with Crippen LogP contribution in [0.1, 0.15) is 66.3 Å². The van der Waals surface area contributed by atoms with Gasteiger partial charge in [-0.2, -0.15) is 0 Å². The molecule has 11 heteroatoms. The minimum Gasteiger partial charge on any atom is -0.478 e. The Kier molecular flexibility index (Phi) is 13.0. The molecule has 0 aliphatic carbocycles. The van der Waals surface area contributed by atoms with Gasteiger partial charge in [0, 0.05) is 5.69 Å². The summed E-state index contributed by atoms with van der Waals surface area (Å²) in [5.41, 5.74) is 4.33. The second kappa shape index (κ2) is 18.1. The van der Waals surface area contributed by atoms with E-state index in [1.54, 1.807) is 60.7 Å². The van der Waals surface area contributed by atoms with Crippen LogP contribution in [0, 0.1) is 23.0 Å². The number of amides is 2. The first kappa shape index (κ1) is 41.7. The number of hydrogen-bond acceptors (Lipinski definition) is 6. The van der Waals surface area contributed by atoms with Crippen LogP contribution in [-0.4, -0.2) is 49.7 Å². The van der Waals surface area contributed by atoms with E-state index in [4.69, 9.17) is 9.16 Å². The molecule has 1 fully saturated rings. The first-order chi connectivity index (χ1) is 27.7. The summed E-state index contributed by atoms with van der Waals surface area (Å²) in [5.74, 6) is -3.37. The fourth-order valence-electron chi connectivity index (χ4n) is 7.37. The van der Waals surface area contributed by atoms with Crippen molar-refractivity contribution in [1.29, 1.82) is 0 Å². The first-order valence-electron chi connectivity index (χ1n) is 19.3. The van der Waals surface area contributed by atoms with Crippen LogP contribution >= 0.6 is 0 Å². The molecule has 5 aromatic carbocycles. The number of ether oxygens (including phenoxy) is 1. The second-order valence-corrected chi connectivity index (χ2v) is 18.1. The molecule has 58 heavy (non-hydrogen) atoms. The standard InChI is InChI=1S/C47H48F2N2O6Si/c1-47(2,3)43(57-58(4)5)38(31-19-21-34(48)22-20-31)27-28-40(44(52)51-41(29-56-46(51)55)32-11-7-6-8-12-32)42(50-36-25-23-35(49)24-26-36)33-17-15-30(16-18-33)37-13-9-10-14-39(37)45(53)54/h6-27,40-43,50,58H,28-29H2,1-5H3,(H,53,54)/t40-,41-,42-,43?/m1/s1. The zero-order valence-electron chi connectivity index (χ0n) is 33.2. The highest BCUT2D eigenvalue weighted by Crippen LogP contribution is 2.40. The maximum Gasteiger partial charge on any atom is 0.417 e. The Bertz CT molecular complexity index is 2240. The molecular formula is C47H48F2N2O6Si. The normalized spacial score (nSPS) is 16.1. The summed E-state index contributed by atoms with van der Waals surface area (Å²) in [4.78, 5) is 42.2. The number of cyclic esters (lactones) is 1. The van der Waals surface area contributed by atoms with Gasteiger partial charge in [0.25, 0.3) is 0 Å². The fraction of sp³-hybridized carbons (Fsp3) is 0.255. The molecule has 8 nitrogen and oxygen atoms in total. The van der Waals surface area contributed by atoms with Gasteiger partial charge in [0.05, 0.1) is 23.6 Å². The monoisotopic (exact) mass is 802 g/mol. The van der Waals surface area contributed by atoms with Gasteiger partial charge in [-0.05, 0) is 101 Å². The smallest absolute Gasteiger partial charge is 0.417 e. The number of carbonyl (C=O) groups excluding carboxylic acids is 2. The minimum absolute atomic E-state index is 0.0231. The molecular weight excluding hydrogens is 755 g/mol. The van der Waals surface area contributed by atoms with Gasteiger partial charge >= 0.3 is 12.1 Å². The maximum atomic E-state index is 15.3. The highest BCUT2D eigenvalue weighted by Gasteiger charge is 2.44. The molecule has 0 saturated carbocycles. The average Bonchev–Trinajstić information content (AvgIpc) is 3.60. The topological polar surface area (TPSA) is 105 Å². The number of carbonyl (C=O) groups is 3. The lowest BCUT2D eigenvalue weighted by Crippen LogP contribution is -2.42. The van der Waals surface area contributed by atoms with Crippen molar-refractivity contribution in [1.82, 2.24) is 4.90 Å². The number of nitrogens with zero attached hydrogens (tertiary/aromatic N) is 1. The summed E-state index contributed by atoms with van der Waals surface area (Å²) in [6, 6.07) is 33.6. The van der Waals surface area contributed by atoms with Crippen molar-refractivity contribution in [3.63, 3.8) is 0 Å². The van der Waals surface area contributed by atoms with Gasteiger partial charge in [-0.1, -0.05) is 112 Å². The summed E-state index contributed by atoms with van der Waals surface area (Å²) >= 11 is 0. The number of aromatic carboxylic acids is 1. The Labute approximate surface area is 339 Å². The van der Waals surface area contributed by atoms with E-state index in [1.807, 2.05) is 48.5 Å². The molecule has 1 aliphatic heterocycles. The molecule has 0 aromatic heterocycles. The minimum atomic E-state index is -1.65. The Morgan fingerprint density at radius 1 is 0.879 bits per heavy atom. The number of carboxylic acids is 1. The van der Waals surface area contributed by atoms with Crippen LogP contribution in [0.2, 0.25) is 13.1 Å². The third-order valence-electron chi connectivity index (χ3n) is 10.2. The van der Waals surface area contributed by atoms with Gasteiger partial charge in [0.2, 0.25) is 5.91 Å². The largest absolute Gasteiger partial charge is 0.478 e. The van der Waals surface area contributed by atoms with Gasteiger partial charge < -0.3 is 19.6 Å². The van der Waals surface area contributed by atoms with Gasteiger partial charge in [-0.3, -0.25) is 4.79 Å². The molecule has 1 unspecified atom stereocenters. The van der Waals surface area contributed by atoms with Crippen LogP contribution in [0.25, 0.3) is 16.7 Å². The molecule has 0 bridgehead atoms. The number of allylic oxidation sites excluding steroid dienone is 1. The van der Waals surface area contributed by atoms with Crippen molar-refractivity contribution in [2.24, 2.45) is 11.3 Å². The molecule has 2 amide bonds. The number of imide groups is 1. The van der Waals surface area contributed by atoms with Gasteiger partial charge in [-0.25, -0.2) is 23.3 Å². The molecule has 0 spiro atoms. The predicted octanol–water partition coefficient (Wildman–Crippen LogP) is 10.7. The molecule has 1 heterocycles. The molecule has 4 atom stereocenters. The SMILES string of the molecule is C[SiH](C)OC(C(=CC[C@@H](C(=O)N1C(=O)OC[C@@H]1c1ccccc1)[C@H](Nc1ccc(F)cc1)c1ccc(-c2ccccc2C(=O)O)cc1)c1ccc(F)cc1)C(C)(C)C. The van der Waals surface area contributed by atoms with Crippen molar-refractivity contribution >= 4 is 38.3 Å². The highest BCUT2D eigenvalue weighted by atomic mass is 28.3. The highest BCUT2D eigenvalue weighted by molar-refractivity contribution is 6.48.